The Bertz CT molecular complexity index is 611. The highest BCUT2D eigenvalue weighted by molar-refractivity contribution is 6.31. The fraction of sp³-hybridized carbons (Fsp3) is 0.333. The molecule has 0 fully saturated rings. The SMILES string of the molecule is CC(C)NC(=O)[C@H](C)Oc1nn(-c2ccccc2)cc1Cl. The highest BCUT2D eigenvalue weighted by Crippen LogP contribution is 2.24. The summed E-state index contributed by atoms with van der Waals surface area (Å²) < 4.78 is 7.15. The molecule has 0 saturated heterocycles. The molecule has 0 radical (unpaired) electrons. The third kappa shape index (κ3) is 3.98. The van der Waals surface area contributed by atoms with Gasteiger partial charge in [-0.2, -0.15) is 0 Å². The summed E-state index contributed by atoms with van der Waals surface area (Å²) in [7, 11) is 0. The number of rotatable bonds is 5. The maximum atomic E-state index is 11.8. The molecule has 0 bridgehead atoms. The van der Waals surface area contributed by atoms with Crippen LogP contribution in [0, 0.1) is 0 Å². The zero-order valence-electron chi connectivity index (χ0n) is 12.2. The van der Waals surface area contributed by atoms with Gasteiger partial charge in [-0.05, 0) is 32.9 Å². The molecule has 6 heteroatoms. The largest absolute Gasteiger partial charge is 0.462 e. The van der Waals surface area contributed by atoms with Crippen molar-refractivity contribution in [2.45, 2.75) is 32.9 Å². The summed E-state index contributed by atoms with van der Waals surface area (Å²) in [6.07, 6.45) is 0.989. The summed E-state index contributed by atoms with van der Waals surface area (Å²) >= 11 is 6.11. The molecule has 1 heterocycles. The van der Waals surface area contributed by atoms with Gasteiger partial charge in [0.25, 0.3) is 11.8 Å². The number of benzene rings is 1. The first-order valence-corrected chi connectivity index (χ1v) is 7.13. The quantitative estimate of drug-likeness (QED) is 0.924. The number of amides is 1. The van der Waals surface area contributed by atoms with Gasteiger partial charge in [0, 0.05) is 6.04 Å². The van der Waals surface area contributed by atoms with E-state index in [1.54, 1.807) is 17.8 Å². The van der Waals surface area contributed by atoms with Gasteiger partial charge in [-0.25, -0.2) is 4.68 Å². The summed E-state index contributed by atoms with van der Waals surface area (Å²) in [6, 6.07) is 9.60. The number of hydrogen-bond donors (Lipinski definition) is 1. The maximum Gasteiger partial charge on any atom is 0.261 e. The third-order valence-corrected chi connectivity index (χ3v) is 3.01. The Balaban J connectivity index is 2.11. The van der Waals surface area contributed by atoms with Gasteiger partial charge < -0.3 is 10.1 Å². The van der Waals surface area contributed by atoms with Crippen LogP contribution < -0.4 is 10.1 Å². The van der Waals surface area contributed by atoms with Gasteiger partial charge >= 0.3 is 0 Å². The lowest BCUT2D eigenvalue weighted by Crippen LogP contribution is -2.40. The normalized spacial score (nSPS) is 12.2. The summed E-state index contributed by atoms with van der Waals surface area (Å²) in [5, 5.41) is 7.41. The molecule has 5 nitrogen and oxygen atoms in total. The second-order valence-corrected chi connectivity index (χ2v) is 5.39. The molecule has 0 aliphatic carbocycles. The van der Waals surface area contributed by atoms with Crippen molar-refractivity contribution < 1.29 is 9.53 Å². The van der Waals surface area contributed by atoms with Crippen LogP contribution in [0.1, 0.15) is 20.8 Å². The van der Waals surface area contributed by atoms with E-state index in [2.05, 4.69) is 10.4 Å². The van der Waals surface area contributed by atoms with E-state index >= 15 is 0 Å². The predicted molar refractivity (Wildman–Crippen MR) is 81.9 cm³/mol. The fourth-order valence-electron chi connectivity index (χ4n) is 1.75. The summed E-state index contributed by atoms with van der Waals surface area (Å²) in [4.78, 5) is 11.8. The molecule has 1 atom stereocenters. The van der Waals surface area contributed by atoms with Crippen LogP contribution in [0.4, 0.5) is 0 Å². The van der Waals surface area contributed by atoms with Crippen LogP contribution in [0.2, 0.25) is 5.02 Å². The van der Waals surface area contributed by atoms with E-state index < -0.39 is 6.10 Å². The van der Waals surface area contributed by atoms with Gasteiger partial charge in [-0.1, -0.05) is 29.8 Å². The number of halogens is 1. The smallest absolute Gasteiger partial charge is 0.261 e. The minimum absolute atomic E-state index is 0.0564. The second kappa shape index (κ2) is 6.63. The van der Waals surface area contributed by atoms with Crippen molar-refractivity contribution in [1.29, 1.82) is 0 Å². The fourth-order valence-corrected chi connectivity index (χ4v) is 1.93. The van der Waals surface area contributed by atoms with E-state index in [0.717, 1.165) is 5.69 Å². The number of carbonyl (C=O) groups excluding carboxylic acids is 1. The van der Waals surface area contributed by atoms with Gasteiger partial charge in [0.05, 0.1) is 11.9 Å². The Hall–Kier alpha value is -2.01. The molecule has 2 aromatic rings. The molecule has 0 spiro atoms. The first kappa shape index (κ1) is 15.4. The molecule has 0 unspecified atom stereocenters. The number of carbonyl (C=O) groups is 1. The van der Waals surface area contributed by atoms with Crippen molar-refractivity contribution in [3.63, 3.8) is 0 Å². The van der Waals surface area contributed by atoms with Crippen LogP contribution in [-0.2, 0) is 4.79 Å². The molecule has 21 heavy (non-hydrogen) atoms. The lowest BCUT2D eigenvalue weighted by Gasteiger charge is -2.15. The Morgan fingerprint density at radius 3 is 2.57 bits per heavy atom. The van der Waals surface area contributed by atoms with Gasteiger partial charge in [0.2, 0.25) is 0 Å². The molecule has 0 aliphatic rings. The lowest BCUT2D eigenvalue weighted by molar-refractivity contribution is -0.127. The molecule has 1 N–H and O–H groups in total. The van der Waals surface area contributed by atoms with Crippen LogP contribution in [0.3, 0.4) is 0 Å². The number of nitrogens with one attached hydrogen (secondary N) is 1. The van der Waals surface area contributed by atoms with E-state index in [4.69, 9.17) is 16.3 Å². The molecular weight excluding hydrogens is 290 g/mol. The highest BCUT2D eigenvalue weighted by Gasteiger charge is 2.19. The number of aromatic nitrogens is 2. The minimum atomic E-state index is -0.663. The summed E-state index contributed by atoms with van der Waals surface area (Å²) in [5.41, 5.74) is 0.869. The average molecular weight is 308 g/mol. The van der Waals surface area contributed by atoms with Crippen molar-refractivity contribution in [2.24, 2.45) is 0 Å². The number of hydrogen-bond acceptors (Lipinski definition) is 3. The lowest BCUT2D eigenvalue weighted by atomic mass is 10.3. The van der Waals surface area contributed by atoms with Crippen molar-refractivity contribution in [2.75, 3.05) is 0 Å². The van der Waals surface area contributed by atoms with Crippen molar-refractivity contribution in [1.82, 2.24) is 15.1 Å². The van der Waals surface area contributed by atoms with E-state index in [1.807, 2.05) is 44.2 Å². The van der Waals surface area contributed by atoms with Crippen LogP contribution in [0.15, 0.2) is 36.5 Å². The number of ether oxygens (including phenoxy) is 1. The molecule has 1 amide bonds. The molecule has 1 aromatic heterocycles. The number of nitrogens with zero attached hydrogens (tertiary/aromatic N) is 2. The summed E-state index contributed by atoms with van der Waals surface area (Å²) in [6.45, 7) is 5.44. The second-order valence-electron chi connectivity index (χ2n) is 4.99. The highest BCUT2D eigenvalue weighted by atomic mass is 35.5. The third-order valence-electron chi connectivity index (χ3n) is 2.75. The molecule has 112 valence electrons. The summed E-state index contributed by atoms with van der Waals surface area (Å²) in [5.74, 6) is 0.0438. The standard InChI is InChI=1S/C15H18ClN3O2/c1-10(2)17-14(20)11(3)21-15-13(16)9-19(18-15)12-7-5-4-6-8-12/h4-11H,1-3H3,(H,17,20)/t11-/m0/s1. The van der Waals surface area contributed by atoms with E-state index in [-0.39, 0.29) is 17.8 Å². The van der Waals surface area contributed by atoms with Crippen LogP contribution in [-0.4, -0.2) is 27.8 Å². The van der Waals surface area contributed by atoms with Crippen LogP contribution >= 0.6 is 11.6 Å². The van der Waals surface area contributed by atoms with Crippen molar-refractivity contribution in [3.05, 3.63) is 41.6 Å². The Labute approximate surface area is 128 Å². The Morgan fingerprint density at radius 1 is 1.29 bits per heavy atom. The van der Waals surface area contributed by atoms with Crippen molar-refractivity contribution >= 4 is 17.5 Å². The molecular formula is C15H18ClN3O2. The Kier molecular flexibility index (Phi) is 4.85. The first-order valence-electron chi connectivity index (χ1n) is 6.75. The van der Waals surface area contributed by atoms with Gasteiger partial charge in [0.15, 0.2) is 6.10 Å². The van der Waals surface area contributed by atoms with Gasteiger partial charge in [-0.15, -0.1) is 5.10 Å². The Morgan fingerprint density at radius 2 is 1.95 bits per heavy atom. The molecule has 1 aromatic carbocycles. The zero-order chi connectivity index (χ0) is 15.4. The minimum Gasteiger partial charge on any atom is -0.462 e. The molecule has 0 aliphatic heterocycles. The first-order chi connectivity index (χ1) is 9.97. The monoisotopic (exact) mass is 307 g/mol. The molecule has 2 rings (SSSR count). The van der Waals surface area contributed by atoms with E-state index in [9.17, 15) is 4.79 Å². The van der Waals surface area contributed by atoms with E-state index in [0.29, 0.717) is 5.02 Å². The predicted octanol–water partition coefficient (Wildman–Crippen LogP) is 2.82. The van der Waals surface area contributed by atoms with Gasteiger partial charge in [-0.3, -0.25) is 4.79 Å². The van der Waals surface area contributed by atoms with Gasteiger partial charge in [0.1, 0.15) is 5.02 Å². The number of para-hydroxylation sites is 1. The zero-order valence-corrected chi connectivity index (χ0v) is 13.0. The van der Waals surface area contributed by atoms with Crippen LogP contribution in [0.25, 0.3) is 5.69 Å². The van der Waals surface area contributed by atoms with Crippen LogP contribution in [0.5, 0.6) is 5.88 Å². The van der Waals surface area contributed by atoms with Crippen molar-refractivity contribution in [3.8, 4) is 11.6 Å². The molecule has 0 saturated carbocycles. The topological polar surface area (TPSA) is 56.1 Å². The van der Waals surface area contributed by atoms with E-state index in [1.165, 1.54) is 0 Å². The maximum absolute atomic E-state index is 11.8. The average Bonchev–Trinajstić information content (AvgIpc) is 2.80.